The van der Waals surface area contributed by atoms with Crippen LogP contribution in [0.1, 0.15) is 39.8 Å². The summed E-state index contributed by atoms with van der Waals surface area (Å²) < 4.78 is 23.8. The lowest BCUT2D eigenvalue weighted by Gasteiger charge is -2.47. The molecule has 0 bridgehead atoms. The molecule has 0 radical (unpaired) electrons. The molecule has 3 fully saturated rings. The molecule has 2 amide bonds. The zero-order valence-electron chi connectivity index (χ0n) is 27.5. The van der Waals surface area contributed by atoms with Gasteiger partial charge in [0, 0.05) is 25.6 Å². The molecule has 1 aromatic rings. The molecule has 50 heavy (non-hydrogen) atoms. The summed E-state index contributed by atoms with van der Waals surface area (Å²) >= 11 is 0. The quantitative estimate of drug-likeness (QED) is 0.0898. The minimum absolute atomic E-state index is 0.222. The Balaban J connectivity index is 1.58. The van der Waals surface area contributed by atoms with E-state index in [4.69, 9.17) is 18.9 Å². The minimum atomic E-state index is -1.85. The fourth-order valence-corrected chi connectivity index (χ4v) is 6.01. The number of carbonyl (C=O) groups excluding carboxylic acids is 2. The number of aromatic amines is 1. The molecule has 3 aliphatic rings. The van der Waals surface area contributed by atoms with E-state index in [0.29, 0.717) is 6.42 Å². The lowest BCUT2D eigenvalue weighted by molar-refractivity contribution is -0.346. The van der Waals surface area contributed by atoms with Crippen LogP contribution in [0.5, 0.6) is 0 Å². The second-order valence-corrected chi connectivity index (χ2v) is 13.0. The Bertz CT molecular complexity index is 1450. The molecule has 20 nitrogen and oxygen atoms in total. The predicted molar refractivity (Wildman–Crippen MR) is 166 cm³/mol. The first-order valence-corrected chi connectivity index (χ1v) is 16.1. The average Bonchev–Trinajstić information content (AvgIpc) is 3.34. The van der Waals surface area contributed by atoms with Crippen LogP contribution in [0.2, 0.25) is 0 Å². The molecular weight excluding hydrogens is 672 g/mol. The first kappa shape index (κ1) is 39.7. The van der Waals surface area contributed by atoms with Gasteiger partial charge >= 0.3 is 5.69 Å². The van der Waals surface area contributed by atoms with Gasteiger partial charge in [0.15, 0.2) is 18.8 Å². The highest BCUT2D eigenvalue weighted by Gasteiger charge is 2.53. The fourth-order valence-electron chi connectivity index (χ4n) is 6.01. The van der Waals surface area contributed by atoms with Gasteiger partial charge in [-0.25, -0.2) is 4.79 Å². The molecule has 4 heterocycles. The van der Waals surface area contributed by atoms with Gasteiger partial charge in [0.25, 0.3) is 5.56 Å². The van der Waals surface area contributed by atoms with E-state index in [2.05, 4.69) is 10.6 Å². The number of aromatic nitrogens is 2. The van der Waals surface area contributed by atoms with Crippen LogP contribution in [-0.4, -0.2) is 155 Å². The topological polar surface area (TPSA) is 312 Å². The summed E-state index contributed by atoms with van der Waals surface area (Å²) in [4.78, 5) is 50.5. The SMILES string of the molecule is CC(=O)N[C@@H]1[C@H](O[C@H]2O[C@@H](C[C@@H](O)[C@@H]3O[C@H](n4ccc(=O)[nH]c4=O)[C@@H](O)[C@H]3O)[C@@H](O)[C@@H](O)[C@@H]2NC(=O)/C=C/CC(C)C)O[C@@H](CO)[C@H](O)[C@H]1O. The third-order valence-electron chi connectivity index (χ3n) is 8.66. The standard InChI is InChI=1S/C30H46N4O16/c1-11(2)5-4-6-16(38)32-19-23(43)20(40)14(47-29(19)50-28-18(31-12(3)36)22(42)21(41)15(10-35)48-28)9-13(37)26-24(44)25(45)27(49-26)34-8-7-17(39)33-30(34)46/h4,6-8,11,13-15,18-29,35,37,40-45H,5,9-10H2,1-3H3,(H,31,36)(H,32,38)(H,33,39,46)/b6-4+/t13-,14+,15+,18+,19+,20-,21+,22+,23+,24-,25+,26+,27+,28+,29-/m1/s1. The Morgan fingerprint density at radius 1 is 0.920 bits per heavy atom. The Hall–Kier alpha value is -3.12. The molecule has 20 heteroatoms. The molecule has 282 valence electrons. The Morgan fingerprint density at radius 2 is 1.52 bits per heavy atom. The summed E-state index contributed by atoms with van der Waals surface area (Å²) in [5.41, 5.74) is -1.69. The first-order chi connectivity index (χ1) is 23.5. The van der Waals surface area contributed by atoms with Crippen LogP contribution < -0.4 is 21.9 Å². The molecule has 0 saturated carbocycles. The van der Waals surface area contributed by atoms with Crippen LogP contribution in [0, 0.1) is 5.92 Å². The number of nitrogens with one attached hydrogen (secondary N) is 3. The number of hydrogen-bond acceptors (Lipinski definition) is 16. The zero-order chi connectivity index (χ0) is 37.0. The highest BCUT2D eigenvalue weighted by atomic mass is 16.8. The number of ether oxygens (including phenoxy) is 4. The Labute approximate surface area is 284 Å². The number of hydrogen-bond donors (Lipinski definition) is 11. The minimum Gasteiger partial charge on any atom is -0.394 e. The van der Waals surface area contributed by atoms with Crippen molar-refractivity contribution in [2.45, 2.75) is 126 Å². The molecule has 3 saturated heterocycles. The molecule has 0 spiro atoms. The highest BCUT2D eigenvalue weighted by Crippen LogP contribution is 2.34. The Morgan fingerprint density at radius 3 is 2.10 bits per heavy atom. The average molecular weight is 719 g/mol. The van der Waals surface area contributed by atoms with Crippen molar-refractivity contribution < 1.29 is 69.4 Å². The van der Waals surface area contributed by atoms with Crippen molar-refractivity contribution in [1.82, 2.24) is 20.2 Å². The third kappa shape index (κ3) is 9.02. The molecule has 0 unspecified atom stereocenters. The molecule has 0 aliphatic carbocycles. The molecule has 0 aromatic carbocycles. The lowest BCUT2D eigenvalue weighted by atomic mass is 9.91. The van der Waals surface area contributed by atoms with Gasteiger partial charge < -0.3 is 70.4 Å². The van der Waals surface area contributed by atoms with Crippen molar-refractivity contribution in [3.63, 3.8) is 0 Å². The smallest absolute Gasteiger partial charge is 0.330 e. The lowest BCUT2D eigenvalue weighted by Crippen LogP contribution is -2.68. The van der Waals surface area contributed by atoms with Gasteiger partial charge in [0.1, 0.15) is 60.9 Å². The van der Waals surface area contributed by atoms with Gasteiger partial charge in [-0.3, -0.25) is 23.9 Å². The van der Waals surface area contributed by atoms with Crippen molar-refractivity contribution in [3.05, 3.63) is 45.3 Å². The third-order valence-corrected chi connectivity index (χ3v) is 8.66. The van der Waals surface area contributed by atoms with E-state index in [0.717, 1.165) is 23.8 Å². The van der Waals surface area contributed by atoms with Crippen LogP contribution in [0.15, 0.2) is 34.0 Å². The van der Waals surface area contributed by atoms with Crippen molar-refractivity contribution in [3.8, 4) is 0 Å². The predicted octanol–water partition coefficient (Wildman–Crippen LogP) is -5.60. The van der Waals surface area contributed by atoms with Gasteiger partial charge in [-0.15, -0.1) is 0 Å². The second-order valence-electron chi connectivity index (χ2n) is 13.0. The van der Waals surface area contributed by atoms with Crippen LogP contribution in [0.25, 0.3) is 0 Å². The maximum Gasteiger partial charge on any atom is 0.330 e. The molecule has 11 N–H and O–H groups in total. The maximum absolute atomic E-state index is 12.8. The van der Waals surface area contributed by atoms with E-state index in [1.807, 2.05) is 18.8 Å². The second kappa shape index (κ2) is 16.9. The van der Waals surface area contributed by atoms with E-state index in [9.17, 15) is 60.0 Å². The molecular formula is C30H46N4O16. The van der Waals surface area contributed by atoms with Crippen LogP contribution in [0.3, 0.4) is 0 Å². The molecule has 4 rings (SSSR count). The van der Waals surface area contributed by atoms with Crippen molar-refractivity contribution in [2.75, 3.05) is 6.61 Å². The first-order valence-electron chi connectivity index (χ1n) is 16.1. The molecule has 15 atom stereocenters. The number of carbonyl (C=O) groups is 2. The summed E-state index contributed by atoms with van der Waals surface area (Å²) in [6.45, 7) is 4.19. The highest BCUT2D eigenvalue weighted by molar-refractivity contribution is 5.87. The van der Waals surface area contributed by atoms with Gasteiger partial charge in [-0.1, -0.05) is 19.9 Å². The molecule has 1 aromatic heterocycles. The van der Waals surface area contributed by atoms with E-state index in [1.54, 1.807) is 6.08 Å². The van der Waals surface area contributed by atoms with Crippen molar-refractivity contribution in [2.24, 2.45) is 5.92 Å². The van der Waals surface area contributed by atoms with Gasteiger partial charge in [-0.05, 0) is 18.4 Å². The van der Waals surface area contributed by atoms with E-state index in [-0.39, 0.29) is 5.92 Å². The summed E-state index contributed by atoms with van der Waals surface area (Å²) in [6, 6.07) is -2.02. The van der Waals surface area contributed by atoms with Crippen LogP contribution in [-0.2, 0) is 28.5 Å². The van der Waals surface area contributed by atoms with Gasteiger partial charge in [-0.2, -0.15) is 0 Å². The van der Waals surface area contributed by atoms with E-state index in [1.165, 1.54) is 6.08 Å². The number of aliphatic hydroxyl groups excluding tert-OH is 8. The summed E-state index contributed by atoms with van der Waals surface area (Å²) in [5, 5.41) is 90.4. The summed E-state index contributed by atoms with van der Waals surface area (Å²) in [7, 11) is 0. The normalized spacial score (nSPS) is 38.3. The number of rotatable bonds is 12. The van der Waals surface area contributed by atoms with Gasteiger partial charge in [0.2, 0.25) is 11.8 Å². The van der Waals surface area contributed by atoms with Gasteiger partial charge in [0.05, 0.1) is 18.8 Å². The fraction of sp³-hybridized carbons (Fsp3) is 0.733. The Kier molecular flexibility index (Phi) is 13.4. The van der Waals surface area contributed by atoms with E-state index < -0.39 is 128 Å². The summed E-state index contributed by atoms with van der Waals surface area (Å²) in [5.74, 6) is -1.16. The maximum atomic E-state index is 12.8. The number of nitrogens with zero attached hydrogens (tertiary/aromatic N) is 1. The van der Waals surface area contributed by atoms with E-state index >= 15 is 0 Å². The number of allylic oxidation sites excluding steroid dienone is 1. The number of aliphatic hydroxyl groups is 8. The zero-order valence-corrected chi connectivity index (χ0v) is 27.5. The van der Waals surface area contributed by atoms with Crippen LogP contribution in [0.4, 0.5) is 0 Å². The summed E-state index contributed by atoms with van der Waals surface area (Å²) in [6.07, 6.45) is -18.1. The largest absolute Gasteiger partial charge is 0.394 e. The van der Waals surface area contributed by atoms with Crippen molar-refractivity contribution >= 4 is 11.8 Å². The van der Waals surface area contributed by atoms with Crippen LogP contribution >= 0.6 is 0 Å². The monoisotopic (exact) mass is 718 g/mol. The molecule has 3 aliphatic heterocycles. The van der Waals surface area contributed by atoms with Crippen molar-refractivity contribution in [1.29, 1.82) is 0 Å². The number of H-pyrrole nitrogens is 1. The number of amides is 2.